The van der Waals surface area contributed by atoms with Crippen LogP contribution in [0.5, 0.6) is 23.0 Å². The number of hydrogen-bond donors (Lipinski definition) is 0. The molecule has 1 aliphatic heterocycles. The molecule has 0 saturated carbocycles. The first kappa shape index (κ1) is 21.9. The highest BCUT2D eigenvalue weighted by molar-refractivity contribution is 6.27. The zero-order chi connectivity index (χ0) is 25.0. The molecular formula is C30H22O6. The fourth-order valence-electron chi connectivity index (χ4n) is 5.25. The van der Waals surface area contributed by atoms with Crippen LogP contribution >= 0.6 is 0 Å². The third-order valence-electron chi connectivity index (χ3n) is 6.85. The maximum absolute atomic E-state index is 14.0. The predicted octanol–water partition coefficient (Wildman–Crippen LogP) is 5.72. The van der Waals surface area contributed by atoms with E-state index in [0.29, 0.717) is 39.7 Å². The normalized spacial score (nSPS) is 16.1. The Morgan fingerprint density at radius 1 is 0.722 bits per heavy atom. The fraction of sp³-hybridized carbons (Fsp3) is 0.133. The molecule has 0 bridgehead atoms. The molecule has 0 N–H and O–H groups in total. The molecule has 0 radical (unpaired) electrons. The van der Waals surface area contributed by atoms with E-state index in [9.17, 15) is 9.59 Å². The summed E-state index contributed by atoms with van der Waals surface area (Å²) >= 11 is 0. The molecule has 2 aliphatic rings. The number of Topliss-reactive ketones (excluding diaryl/α,β-unsaturated/α-hetero) is 2. The summed E-state index contributed by atoms with van der Waals surface area (Å²) in [7, 11) is 4.63. The largest absolute Gasteiger partial charge is 0.493 e. The summed E-state index contributed by atoms with van der Waals surface area (Å²) in [6, 6.07) is 22.2. The van der Waals surface area contributed by atoms with Crippen molar-refractivity contribution in [2.24, 2.45) is 0 Å². The minimum atomic E-state index is -0.603. The Balaban J connectivity index is 1.70. The summed E-state index contributed by atoms with van der Waals surface area (Å²) in [5, 5.41) is 1.93. The van der Waals surface area contributed by atoms with Gasteiger partial charge >= 0.3 is 0 Å². The van der Waals surface area contributed by atoms with Crippen molar-refractivity contribution in [1.29, 1.82) is 0 Å². The standard InChI is InChI=1S/C30H22O6/c1-33-22-14-17(15-23(34-2)29(22)35-3)24-25-18-9-5-4-8-16(18)12-13-21(25)36-30-26(24)27(31)19-10-6-7-11-20(19)28(30)32/h4-15,24H,1-3H3. The van der Waals surface area contributed by atoms with Crippen LogP contribution in [0.1, 0.15) is 37.8 Å². The number of methoxy groups -OCH3 is 3. The van der Waals surface area contributed by atoms with Gasteiger partial charge in [-0.1, -0.05) is 54.6 Å². The van der Waals surface area contributed by atoms with Crippen LogP contribution in [0.25, 0.3) is 10.8 Å². The van der Waals surface area contributed by atoms with E-state index in [0.717, 1.165) is 21.9 Å². The topological polar surface area (TPSA) is 71.1 Å². The SMILES string of the molecule is COc1cc(C2C3=C(Oc4ccc5ccccc5c42)C(=O)c2ccccc2C3=O)cc(OC)c1OC. The molecule has 6 heteroatoms. The minimum absolute atomic E-state index is 0.0558. The number of ketones is 2. The van der Waals surface area contributed by atoms with E-state index in [1.165, 1.54) is 7.11 Å². The number of carbonyl (C=O) groups is 2. The van der Waals surface area contributed by atoms with Gasteiger partial charge in [0.1, 0.15) is 5.75 Å². The number of ether oxygens (including phenoxy) is 4. The first-order chi connectivity index (χ1) is 17.6. The second kappa shape index (κ2) is 8.27. The van der Waals surface area contributed by atoms with Crippen molar-refractivity contribution in [3.8, 4) is 23.0 Å². The molecule has 6 nitrogen and oxygen atoms in total. The molecule has 1 aliphatic carbocycles. The predicted molar refractivity (Wildman–Crippen MR) is 135 cm³/mol. The maximum atomic E-state index is 14.0. The number of hydrogen-bond acceptors (Lipinski definition) is 6. The van der Waals surface area contributed by atoms with Gasteiger partial charge < -0.3 is 18.9 Å². The van der Waals surface area contributed by atoms with Crippen LogP contribution in [0.3, 0.4) is 0 Å². The van der Waals surface area contributed by atoms with E-state index in [1.807, 2.05) is 48.5 Å². The summed E-state index contributed by atoms with van der Waals surface area (Å²) in [6.07, 6.45) is 0. The molecule has 36 heavy (non-hydrogen) atoms. The van der Waals surface area contributed by atoms with Crippen LogP contribution in [0.15, 0.2) is 84.1 Å². The van der Waals surface area contributed by atoms with E-state index in [-0.39, 0.29) is 17.3 Å². The van der Waals surface area contributed by atoms with E-state index < -0.39 is 5.92 Å². The maximum Gasteiger partial charge on any atom is 0.229 e. The van der Waals surface area contributed by atoms with Crippen LogP contribution in [0, 0.1) is 0 Å². The van der Waals surface area contributed by atoms with Crippen molar-refractivity contribution < 1.29 is 28.5 Å². The van der Waals surface area contributed by atoms with Crippen LogP contribution in [0.2, 0.25) is 0 Å². The highest BCUT2D eigenvalue weighted by Gasteiger charge is 2.43. The Bertz CT molecular complexity index is 1590. The van der Waals surface area contributed by atoms with Gasteiger partial charge in [0.15, 0.2) is 23.0 Å². The first-order valence-corrected chi connectivity index (χ1v) is 11.5. The molecule has 1 unspecified atom stereocenters. The third kappa shape index (κ3) is 3.04. The quantitative estimate of drug-likeness (QED) is 0.373. The molecule has 6 rings (SSSR count). The number of benzene rings is 4. The molecule has 0 saturated heterocycles. The Morgan fingerprint density at radius 3 is 2.03 bits per heavy atom. The van der Waals surface area contributed by atoms with Gasteiger partial charge in [-0.25, -0.2) is 0 Å². The molecule has 178 valence electrons. The van der Waals surface area contributed by atoms with E-state index in [4.69, 9.17) is 18.9 Å². The lowest BCUT2D eigenvalue weighted by Crippen LogP contribution is -2.31. The fourth-order valence-corrected chi connectivity index (χ4v) is 5.25. The van der Waals surface area contributed by atoms with E-state index in [2.05, 4.69) is 0 Å². The van der Waals surface area contributed by atoms with Crippen molar-refractivity contribution in [2.45, 2.75) is 5.92 Å². The zero-order valence-electron chi connectivity index (χ0n) is 20.0. The summed E-state index contributed by atoms with van der Waals surface area (Å²) in [5.74, 6) is 0.795. The molecule has 1 heterocycles. The lowest BCUT2D eigenvalue weighted by molar-refractivity contribution is 0.0927. The second-order valence-electron chi connectivity index (χ2n) is 8.64. The number of allylic oxidation sites excluding steroid dienone is 2. The van der Waals surface area contributed by atoms with Gasteiger partial charge in [-0.15, -0.1) is 0 Å². The van der Waals surface area contributed by atoms with Crippen molar-refractivity contribution in [3.05, 3.63) is 106 Å². The molecule has 4 aromatic rings. The van der Waals surface area contributed by atoms with Gasteiger partial charge in [-0.3, -0.25) is 9.59 Å². The number of fused-ring (bicyclic) bond motifs is 4. The van der Waals surface area contributed by atoms with Gasteiger partial charge in [-0.05, 0) is 34.5 Å². The highest BCUT2D eigenvalue weighted by atomic mass is 16.5. The first-order valence-electron chi connectivity index (χ1n) is 11.5. The molecule has 1 atom stereocenters. The van der Waals surface area contributed by atoms with Gasteiger partial charge in [0.05, 0.1) is 26.9 Å². The van der Waals surface area contributed by atoms with Crippen LogP contribution in [-0.2, 0) is 0 Å². The van der Waals surface area contributed by atoms with E-state index in [1.54, 1.807) is 38.5 Å². The summed E-state index contributed by atoms with van der Waals surface area (Å²) in [4.78, 5) is 27.6. The third-order valence-corrected chi connectivity index (χ3v) is 6.85. The highest BCUT2D eigenvalue weighted by Crippen LogP contribution is 2.52. The summed E-state index contributed by atoms with van der Waals surface area (Å²) < 4.78 is 23.0. The lowest BCUT2D eigenvalue weighted by Gasteiger charge is -2.34. The zero-order valence-corrected chi connectivity index (χ0v) is 20.0. The van der Waals surface area contributed by atoms with Gasteiger partial charge in [-0.2, -0.15) is 0 Å². The van der Waals surface area contributed by atoms with Crippen molar-refractivity contribution >= 4 is 22.3 Å². The van der Waals surface area contributed by atoms with Gasteiger partial charge in [0.25, 0.3) is 0 Å². The summed E-state index contributed by atoms with van der Waals surface area (Å²) in [5.41, 5.74) is 2.54. The van der Waals surface area contributed by atoms with Crippen molar-refractivity contribution in [3.63, 3.8) is 0 Å². The molecule has 0 fully saturated rings. The van der Waals surface area contributed by atoms with Crippen molar-refractivity contribution in [2.75, 3.05) is 21.3 Å². The molecular weight excluding hydrogens is 456 g/mol. The van der Waals surface area contributed by atoms with Gasteiger partial charge in [0, 0.05) is 22.6 Å². The Labute approximate surface area is 207 Å². The molecule has 0 amide bonds. The smallest absolute Gasteiger partial charge is 0.229 e. The van der Waals surface area contributed by atoms with Crippen LogP contribution in [-0.4, -0.2) is 32.9 Å². The minimum Gasteiger partial charge on any atom is -0.493 e. The average molecular weight is 479 g/mol. The average Bonchev–Trinajstić information content (AvgIpc) is 2.93. The molecule has 4 aromatic carbocycles. The van der Waals surface area contributed by atoms with Gasteiger partial charge in [0.2, 0.25) is 11.5 Å². The summed E-state index contributed by atoms with van der Waals surface area (Å²) in [6.45, 7) is 0. The Kier molecular flexibility index (Phi) is 5.04. The number of carbonyl (C=O) groups excluding carboxylic acids is 2. The Hall–Kier alpha value is -4.58. The Morgan fingerprint density at radius 2 is 1.36 bits per heavy atom. The monoisotopic (exact) mass is 478 g/mol. The lowest BCUT2D eigenvalue weighted by atomic mass is 9.73. The molecule has 0 spiro atoms. The second-order valence-corrected chi connectivity index (χ2v) is 8.64. The van der Waals surface area contributed by atoms with Crippen LogP contribution < -0.4 is 18.9 Å². The van der Waals surface area contributed by atoms with Crippen LogP contribution in [0.4, 0.5) is 0 Å². The van der Waals surface area contributed by atoms with E-state index >= 15 is 0 Å². The number of rotatable bonds is 4. The molecule has 0 aromatic heterocycles. The van der Waals surface area contributed by atoms with Crippen molar-refractivity contribution in [1.82, 2.24) is 0 Å².